The Labute approximate surface area is 150 Å². The molecule has 0 atom stereocenters. The number of amides is 2. The maximum Gasteiger partial charge on any atom is 0.411 e. The quantitative estimate of drug-likeness (QED) is 0.880. The molecule has 0 fully saturated rings. The molecule has 0 saturated heterocycles. The van der Waals surface area contributed by atoms with Crippen molar-refractivity contribution in [2.45, 2.75) is 32.1 Å². The Kier molecular flexibility index (Phi) is 4.63. The van der Waals surface area contributed by atoms with Gasteiger partial charge in [0.15, 0.2) is 0 Å². The van der Waals surface area contributed by atoms with Crippen LogP contribution in [0.4, 0.5) is 20.6 Å². The molecule has 0 aliphatic carbocycles. The molecule has 2 heterocycles. The SMILES string of the molecule is CC(C)(C(=O)Nc1ccc(F)cc1)c1ccc2c(n1)CCCN2C(=O)O. The monoisotopic (exact) mass is 357 g/mol. The van der Waals surface area contributed by atoms with E-state index in [4.69, 9.17) is 0 Å². The first-order valence-corrected chi connectivity index (χ1v) is 8.37. The number of pyridine rings is 1. The number of hydrogen-bond donors (Lipinski definition) is 2. The molecule has 0 spiro atoms. The zero-order chi connectivity index (χ0) is 18.9. The number of nitrogens with zero attached hydrogens (tertiary/aromatic N) is 2. The number of benzene rings is 1. The minimum absolute atomic E-state index is 0.276. The van der Waals surface area contributed by atoms with Crippen molar-refractivity contribution in [3.8, 4) is 0 Å². The van der Waals surface area contributed by atoms with Crippen molar-refractivity contribution in [3.05, 3.63) is 53.6 Å². The molecule has 2 amide bonds. The van der Waals surface area contributed by atoms with Crippen molar-refractivity contribution >= 4 is 23.4 Å². The van der Waals surface area contributed by atoms with Gasteiger partial charge in [-0.2, -0.15) is 0 Å². The number of aryl methyl sites for hydroxylation is 1. The number of rotatable bonds is 3. The minimum Gasteiger partial charge on any atom is -0.465 e. The van der Waals surface area contributed by atoms with Gasteiger partial charge in [0, 0.05) is 12.2 Å². The second-order valence-electron chi connectivity index (χ2n) is 6.79. The Balaban J connectivity index is 1.86. The molecule has 6 nitrogen and oxygen atoms in total. The number of fused-ring (bicyclic) bond motifs is 1. The molecule has 26 heavy (non-hydrogen) atoms. The van der Waals surface area contributed by atoms with Gasteiger partial charge in [-0.25, -0.2) is 9.18 Å². The molecule has 1 aromatic carbocycles. The third-order valence-corrected chi connectivity index (χ3v) is 4.58. The van der Waals surface area contributed by atoms with Crippen LogP contribution < -0.4 is 10.2 Å². The third kappa shape index (κ3) is 3.37. The summed E-state index contributed by atoms with van der Waals surface area (Å²) in [5.74, 6) is -0.649. The van der Waals surface area contributed by atoms with E-state index < -0.39 is 11.5 Å². The summed E-state index contributed by atoms with van der Waals surface area (Å²) in [4.78, 5) is 29.9. The zero-order valence-electron chi connectivity index (χ0n) is 14.6. The van der Waals surface area contributed by atoms with Crippen molar-refractivity contribution in [3.63, 3.8) is 0 Å². The van der Waals surface area contributed by atoms with Crippen LogP contribution in [0.1, 0.15) is 31.7 Å². The van der Waals surface area contributed by atoms with Crippen LogP contribution in [0.5, 0.6) is 0 Å². The zero-order valence-corrected chi connectivity index (χ0v) is 14.6. The number of anilines is 2. The van der Waals surface area contributed by atoms with Crippen LogP contribution in [0, 0.1) is 5.82 Å². The van der Waals surface area contributed by atoms with E-state index in [0.29, 0.717) is 42.1 Å². The van der Waals surface area contributed by atoms with E-state index in [0.717, 1.165) is 0 Å². The normalized spacial score (nSPS) is 13.9. The van der Waals surface area contributed by atoms with Gasteiger partial charge in [0.1, 0.15) is 5.82 Å². The molecule has 2 aromatic rings. The lowest BCUT2D eigenvalue weighted by Gasteiger charge is -2.29. The summed E-state index contributed by atoms with van der Waals surface area (Å²) in [5.41, 5.74) is 1.37. The van der Waals surface area contributed by atoms with Gasteiger partial charge in [0.05, 0.1) is 22.5 Å². The molecular formula is C19H20FN3O3. The average Bonchev–Trinajstić information content (AvgIpc) is 2.62. The van der Waals surface area contributed by atoms with Gasteiger partial charge in [0.2, 0.25) is 5.91 Å². The molecule has 136 valence electrons. The first-order valence-electron chi connectivity index (χ1n) is 8.37. The number of carbonyl (C=O) groups excluding carboxylic acids is 1. The minimum atomic E-state index is -1.01. The van der Waals surface area contributed by atoms with Crippen LogP contribution in [0.25, 0.3) is 0 Å². The Hall–Kier alpha value is -2.96. The second kappa shape index (κ2) is 6.74. The van der Waals surface area contributed by atoms with Crippen molar-refractivity contribution in [2.24, 2.45) is 0 Å². The van der Waals surface area contributed by atoms with Crippen molar-refractivity contribution in [1.29, 1.82) is 0 Å². The molecule has 0 saturated carbocycles. The number of nitrogens with one attached hydrogen (secondary N) is 1. The van der Waals surface area contributed by atoms with Gasteiger partial charge in [-0.1, -0.05) is 0 Å². The fraction of sp³-hybridized carbons (Fsp3) is 0.316. The number of aromatic nitrogens is 1. The summed E-state index contributed by atoms with van der Waals surface area (Å²) in [6.07, 6.45) is 0.356. The van der Waals surface area contributed by atoms with Crippen molar-refractivity contribution in [1.82, 2.24) is 4.98 Å². The summed E-state index contributed by atoms with van der Waals surface area (Å²) in [7, 11) is 0. The molecule has 1 aliphatic heterocycles. The summed E-state index contributed by atoms with van der Waals surface area (Å²) in [6.45, 7) is 3.94. The Bertz CT molecular complexity index is 850. The lowest BCUT2D eigenvalue weighted by molar-refractivity contribution is -0.120. The third-order valence-electron chi connectivity index (χ3n) is 4.58. The van der Waals surface area contributed by atoms with Crippen LogP contribution in [-0.2, 0) is 16.6 Å². The van der Waals surface area contributed by atoms with E-state index in [1.165, 1.54) is 29.2 Å². The molecule has 3 rings (SSSR count). The van der Waals surface area contributed by atoms with E-state index >= 15 is 0 Å². The highest BCUT2D eigenvalue weighted by atomic mass is 19.1. The maximum atomic E-state index is 13.0. The topological polar surface area (TPSA) is 82.5 Å². The smallest absolute Gasteiger partial charge is 0.411 e. The van der Waals surface area contributed by atoms with E-state index in [9.17, 15) is 19.1 Å². The first-order chi connectivity index (χ1) is 12.3. The Morgan fingerprint density at radius 3 is 2.54 bits per heavy atom. The first kappa shape index (κ1) is 17.8. The standard InChI is InChI=1S/C19H20FN3O3/c1-19(2,17(24)21-13-7-5-12(20)6-8-13)16-10-9-15-14(22-16)4-3-11-23(15)18(25)26/h5-10H,3-4,11H2,1-2H3,(H,21,24)(H,25,26). The fourth-order valence-electron chi connectivity index (χ4n) is 2.93. The summed E-state index contributed by atoms with van der Waals surface area (Å²) in [6, 6.07) is 8.94. The number of hydrogen-bond acceptors (Lipinski definition) is 3. The Morgan fingerprint density at radius 2 is 1.88 bits per heavy atom. The molecule has 0 unspecified atom stereocenters. The lowest BCUT2D eigenvalue weighted by Crippen LogP contribution is -2.37. The Morgan fingerprint density at radius 1 is 1.19 bits per heavy atom. The second-order valence-corrected chi connectivity index (χ2v) is 6.79. The predicted octanol–water partition coefficient (Wildman–Crippen LogP) is 3.57. The molecule has 2 N–H and O–H groups in total. The van der Waals surface area contributed by atoms with Crippen LogP contribution >= 0.6 is 0 Å². The van der Waals surface area contributed by atoms with Gasteiger partial charge in [-0.3, -0.25) is 14.7 Å². The highest BCUT2D eigenvalue weighted by molar-refractivity contribution is 5.98. The van der Waals surface area contributed by atoms with E-state index in [1.807, 2.05) is 0 Å². The average molecular weight is 357 g/mol. The van der Waals surface area contributed by atoms with Crippen molar-refractivity contribution < 1.29 is 19.1 Å². The molecule has 0 radical (unpaired) electrons. The molecule has 0 bridgehead atoms. The highest BCUT2D eigenvalue weighted by Crippen LogP contribution is 2.30. The lowest BCUT2D eigenvalue weighted by atomic mass is 9.87. The van der Waals surface area contributed by atoms with Gasteiger partial charge >= 0.3 is 6.09 Å². The van der Waals surface area contributed by atoms with E-state index in [1.54, 1.807) is 26.0 Å². The van der Waals surface area contributed by atoms with Gasteiger partial charge in [-0.15, -0.1) is 0 Å². The molecular weight excluding hydrogens is 337 g/mol. The molecule has 1 aromatic heterocycles. The molecule has 7 heteroatoms. The van der Waals surface area contributed by atoms with E-state index in [2.05, 4.69) is 10.3 Å². The fourth-order valence-corrected chi connectivity index (χ4v) is 2.93. The van der Waals surface area contributed by atoms with Crippen LogP contribution in [0.3, 0.4) is 0 Å². The van der Waals surface area contributed by atoms with Crippen molar-refractivity contribution in [2.75, 3.05) is 16.8 Å². The van der Waals surface area contributed by atoms with E-state index in [-0.39, 0.29) is 11.7 Å². The van der Waals surface area contributed by atoms with Gasteiger partial charge in [-0.05, 0) is 63.1 Å². The molecule has 1 aliphatic rings. The van der Waals surface area contributed by atoms with Crippen LogP contribution in [0.15, 0.2) is 36.4 Å². The summed E-state index contributed by atoms with van der Waals surface area (Å²) in [5, 5.41) is 12.1. The maximum absolute atomic E-state index is 13.0. The summed E-state index contributed by atoms with van der Waals surface area (Å²) < 4.78 is 13.0. The summed E-state index contributed by atoms with van der Waals surface area (Å²) >= 11 is 0. The predicted molar refractivity (Wildman–Crippen MR) is 96.0 cm³/mol. The largest absolute Gasteiger partial charge is 0.465 e. The number of carbonyl (C=O) groups is 2. The number of halogens is 1. The number of carboxylic acid groups (broad SMARTS) is 1. The van der Waals surface area contributed by atoms with Crippen LogP contribution in [-0.4, -0.2) is 28.6 Å². The van der Waals surface area contributed by atoms with Crippen LogP contribution in [0.2, 0.25) is 0 Å². The van der Waals surface area contributed by atoms with Gasteiger partial charge < -0.3 is 10.4 Å². The van der Waals surface area contributed by atoms with Gasteiger partial charge in [0.25, 0.3) is 0 Å². The highest BCUT2D eigenvalue weighted by Gasteiger charge is 2.33.